The molecule has 0 saturated carbocycles. The van der Waals surface area contributed by atoms with Gasteiger partial charge in [0, 0.05) is 6.54 Å². The van der Waals surface area contributed by atoms with Gasteiger partial charge in [0.05, 0.1) is 5.60 Å². The van der Waals surface area contributed by atoms with Crippen molar-refractivity contribution in [1.29, 1.82) is 0 Å². The number of hydrogen-bond donors (Lipinski definition) is 3. The molecule has 0 aromatic carbocycles. The summed E-state index contributed by atoms with van der Waals surface area (Å²) >= 11 is 0. The number of aliphatic hydroxyl groups is 1. The van der Waals surface area contributed by atoms with Gasteiger partial charge >= 0.3 is 0 Å². The minimum absolute atomic E-state index is 0.388. The molecule has 1 aromatic heterocycles. The van der Waals surface area contributed by atoms with Crippen molar-refractivity contribution in [3.8, 4) is 0 Å². The number of hydrogen-bond acceptors (Lipinski definition) is 5. The van der Waals surface area contributed by atoms with Gasteiger partial charge in [0.1, 0.15) is 11.6 Å². The average Bonchev–Trinajstić information content (AvgIpc) is 2.15. The smallest absolute Gasteiger partial charge is 0.148 e. The number of anilines is 2. The summed E-state index contributed by atoms with van der Waals surface area (Å²) in [6.07, 6.45) is 0.738. The summed E-state index contributed by atoms with van der Waals surface area (Å²) in [5, 5.41) is 20.7. The molecule has 0 saturated heterocycles. The van der Waals surface area contributed by atoms with E-state index < -0.39 is 5.60 Å². The Bertz CT molecular complexity index is 321. The molecule has 1 rings (SSSR count). The lowest BCUT2D eigenvalue weighted by Crippen LogP contribution is -2.35. The van der Waals surface area contributed by atoms with Gasteiger partial charge in [-0.1, -0.05) is 13.8 Å². The summed E-state index contributed by atoms with van der Waals surface area (Å²) in [4.78, 5) is 0. The van der Waals surface area contributed by atoms with Gasteiger partial charge in [-0.2, -0.15) is 0 Å². The predicted molar refractivity (Wildman–Crippen MR) is 65.0 cm³/mol. The Morgan fingerprint density at radius 2 is 2.12 bits per heavy atom. The zero-order valence-corrected chi connectivity index (χ0v) is 10.1. The molecule has 90 valence electrons. The van der Waals surface area contributed by atoms with Crippen molar-refractivity contribution in [2.45, 2.75) is 32.8 Å². The van der Waals surface area contributed by atoms with Gasteiger partial charge in [-0.15, -0.1) is 10.2 Å². The molecule has 1 aromatic rings. The third-order valence-corrected chi connectivity index (χ3v) is 2.18. The minimum Gasteiger partial charge on any atom is -0.388 e. The van der Waals surface area contributed by atoms with Gasteiger partial charge in [-0.3, -0.25) is 0 Å². The molecule has 1 unspecified atom stereocenters. The molecule has 5 heteroatoms. The van der Waals surface area contributed by atoms with E-state index in [9.17, 15) is 5.11 Å². The van der Waals surface area contributed by atoms with E-state index in [4.69, 9.17) is 5.73 Å². The van der Waals surface area contributed by atoms with Crippen molar-refractivity contribution in [3.63, 3.8) is 0 Å². The standard InChI is InChI=1S/C11H20N4O/c1-8(2)6-11(3,16)7-13-10-5-4-9(12)14-15-10/h4-5,8,16H,6-7H2,1-3H3,(H2,12,14)(H,13,15). The van der Waals surface area contributed by atoms with Gasteiger partial charge in [0.25, 0.3) is 0 Å². The first-order chi connectivity index (χ1) is 7.39. The van der Waals surface area contributed by atoms with Crippen LogP contribution in [-0.2, 0) is 0 Å². The normalized spacial score (nSPS) is 14.8. The monoisotopic (exact) mass is 224 g/mol. The van der Waals surface area contributed by atoms with Crippen LogP contribution in [0.25, 0.3) is 0 Å². The second kappa shape index (κ2) is 5.12. The fraction of sp³-hybridized carbons (Fsp3) is 0.636. The van der Waals surface area contributed by atoms with Crippen LogP contribution in [0.3, 0.4) is 0 Å². The van der Waals surface area contributed by atoms with Crippen LogP contribution in [0.1, 0.15) is 27.2 Å². The quantitative estimate of drug-likeness (QED) is 0.701. The number of nitrogens with one attached hydrogen (secondary N) is 1. The predicted octanol–water partition coefficient (Wildman–Crippen LogP) is 1.27. The van der Waals surface area contributed by atoms with Gasteiger partial charge in [0.2, 0.25) is 0 Å². The van der Waals surface area contributed by atoms with E-state index in [1.807, 2.05) is 6.92 Å². The maximum absolute atomic E-state index is 10.1. The third kappa shape index (κ3) is 4.44. The van der Waals surface area contributed by atoms with Crippen molar-refractivity contribution in [1.82, 2.24) is 10.2 Å². The van der Waals surface area contributed by atoms with Crippen LogP contribution in [0, 0.1) is 5.92 Å². The van der Waals surface area contributed by atoms with Crippen molar-refractivity contribution in [3.05, 3.63) is 12.1 Å². The highest BCUT2D eigenvalue weighted by molar-refractivity contribution is 5.38. The topological polar surface area (TPSA) is 84.1 Å². The minimum atomic E-state index is -0.739. The summed E-state index contributed by atoms with van der Waals surface area (Å²) in [6.45, 7) is 6.42. The van der Waals surface area contributed by atoms with E-state index in [0.717, 1.165) is 6.42 Å². The van der Waals surface area contributed by atoms with E-state index in [1.165, 1.54) is 0 Å². The molecule has 16 heavy (non-hydrogen) atoms. The highest BCUT2D eigenvalue weighted by Gasteiger charge is 2.21. The van der Waals surface area contributed by atoms with E-state index in [1.54, 1.807) is 12.1 Å². The van der Waals surface area contributed by atoms with Gasteiger partial charge in [-0.25, -0.2) is 0 Å². The Hall–Kier alpha value is -1.36. The van der Waals surface area contributed by atoms with Crippen LogP contribution < -0.4 is 11.1 Å². The lowest BCUT2D eigenvalue weighted by molar-refractivity contribution is 0.0514. The first-order valence-electron chi connectivity index (χ1n) is 5.44. The molecule has 0 aliphatic heterocycles. The lowest BCUT2D eigenvalue weighted by atomic mass is 9.94. The molecule has 0 aliphatic carbocycles. The van der Waals surface area contributed by atoms with Gasteiger partial charge in [-0.05, 0) is 31.4 Å². The average molecular weight is 224 g/mol. The summed E-state index contributed by atoms with van der Waals surface area (Å²) < 4.78 is 0. The van der Waals surface area contributed by atoms with Crippen molar-refractivity contribution < 1.29 is 5.11 Å². The molecule has 1 heterocycles. The van der Waals surface area contributed by atoms with Crippen LogP contribution in [0.15, 0.2) is 12.1 Å². The third-order valence-electron chi connectivity index (χ3n) is 2.18. The summed E-state index contributed by atoms with van der Waals surface area (Å²) in [5.41, 5.74) is 4.68. The number of nitrogens with zero attached hydrogens (tertiary/aromatic N) is 2. The number of nitrogens with two attached hydrogens (primary N) is 1. The first kappa shape index (κ1) is 12.7. The van der Waals surface area contributed by atoms with E-state index in [-0.39, 0.29) is 0 Å². The molecule has 4 N–H and O–H groups in total. The molecular formula is C11H20N4O. The van der Waals surface area contributed by atoms with E-state index in [0.29, 0.717) is 24.1 Å². The second-order valence-electron chi connectivity index (χ2n) is 4.79. The van der Waals surface area contributed by atoms with Gasteiger partial charge < -0.3 is 16.2 Å². The molecule has 0 radical (unpaired) electrons. The molecule has 5 nitrogen and oxygen atoms in total. The fourth-order valence-corrected chi connectivity index (χ4v) is 1.67. The van der Waals surface area contributed by atoms with Crippen molar-refractivity contribution in [2.75, 3.05) is 17.6 Å². The molecule has 0 fully saturated rings. The molecular weight excluding hydrogens is 204 g/mol. The SMILES string of the molecule is CC(C)CC(C)(O)CNc1ccc(N)nn1. The van der Waals surface area contributed by atoms with E-state index in [2.05, 4.69) is 29.4 Å². The molecule has 0 aliphatic rings. The van der Waals surface area contributed by atoms with Crippen LogP contribution in [0.5, 0.6) is 0 Å². The molecule has 1 atom stereocenters. The highest BCUT2D eigenvalue weighted by Crippen LogP contribution is 2.16. The van der Waals surface area contributed by atoms with Crippen LogP contribution in [0.2, 0.25) is 0 Å². The van der Waals surface area contributed by atoms with Crippen LogP contribution >= 0.6 is 0 Å². The van der Waals surface area contributed by atoms with Gasteiger partial charge in [0.15, 0.2) is 0 Å². The fourth-order valence-electron chi connectivity index (χ4n) is 1.67. The zero-order chi connectivity index (χ0) is 12.2. The maximum atomic E-state index is 10.1. The summed E-state index contributed by atoms with van der Waals surface area (Å²) in [5.74, 6) is 1.46. The Balaban J connectivity index is 2.47. The molecule has 0 amide bonds. The summed E-state index contributed by atoms with van der Waals surface area (Å²) in [6, 6.07) is 3.42. The molecule has 0 bridgehead atoms. The first-order valence-corrected chi connectivity index (χ1v) is 5.44. The lowest BCUT2D eigenvalue weighted by Gasteiger charge is -2.25. The Morgan fingerprint density at radius 1 is 1.44 bits per heavy atom. The zero-order valence-electron chi connectivity index (χ0n) is 10.1. The number of rotatable bonds is 5. The summed E-state index contributed by atoms with van der Waals surface area (Å²) in [7, 11) is 0. The Kier molecular flexibility index (Phi) is 4.06. The molecule has 0 spiro atoms. The van der Waals surface area contributed by atoms with Crippen molar-refractivity contribution in [2.24, 2.45) is 5.92 Å². The second-order valence-corrected chi connectivity index (χ2v) is 4.79. The highest BCUT2D eigenvalue weighted by atomic mass is 16.3. The van der Waals surface area contributed by atoms with Crippen LogP contribution in [-0.4, -0.2) is 27.4 Å². The Morgan fingerprint density at radius 3 is 2.62 bits per heavy atom. The van der Waals surface area contributed by atoms with Crippen LogP contribution in [0.4, 0.5) is 11.6 Å². The Labute approximate surface area is 96.1 Å². The number of aromatic nitrogens is 2. The van der Waals surface area contributed by atoms with Crippen molar-refractivity contribution >= 4 is 11.6 Å². The number of nitrogen functional groups attached to an aromatic ring is 1. The van der Waals surface area contributed by atoms with E-state index >= 15 is 0 Å². The maximum Gasteiger partial charge on any atom is 0.148 e. The largest absolute Gasteiger partial charge is 0.388 e.